The topological polar surface area (TPSA) is 82.2 Å². The summed E-state index contributed by atoms with van der Waals surface area (Å²) in [5.74, 6) is 0.0878. The lowest BCUT2D eigenvalue weighted by molar-refractivity contribution is 0.0527. The number of anilines is 3. The fraction of sp³-hybridized carbons (Fsp3) is 0.231. The van der Waals surface area contributed by atoms with Crippen molar-refractivity contribution in [2.75, 3.05) is 17.7 Å². The second-order valence-corrected chi connectivity index (χ2v) is 4.55. The summed E-state index contributed by atoms with van der Waals surface area (Å²) in [6.07, 6.45) is 1.78. The van der Waals surface area contributed by atoms with Crippen molar-refractivity contribution in [2.24, 2.45) is 7.05 Å². The molecule has 0 aliphatic heterocycles. The molecule has 7 heteroatoms. The quantitative estimate of drug-likeness (QED) is 0.669. The van der Waals surface area contributed by atoms with Crippen molar-refractivity contribution in [3.63, 3.8) is 0 Å². The minimum Gasteiger partial charge on any atom is -0.462 e. The van der Waals surface area contributed by atoms with E-state index in [9.17, 15) is 4.79 Å². The molecule has 1 aromatic carbocycles. The summed E-state index contributed by atoms with van der Waals surface area (Å²) in [6.45, 7) is 2.01. The molecule has 0 saturated heterocycles. The number of ether oxygens (including phenoxy) is 1. The Labute approximate surface area is 121 Å². The predicted octanol–water partition coefficient (Wildman–Crippen LogP) is 2.58. The van der Waals surface area contributed by atoms with Crippen LogP contribution in [0.5, 0.6) is 0 Å². The first kappa shape index (κ1) is 14.2. The molecule has 0 unspecified atom stereocenters. The van der Waals surface area contributed by atoms with Crippen LogP contribution in [-0.4, -0.2) is 22.4 Å². The fourth-order valence-corrected chi connectivity index (χ4v) is 2.01. The van der Waals surface area contributed by atoms with E-state index in [-0.39, 0.29) is 12.2 Å². The maximum absolute atomic E-state index is 12.0. The molecule has 0 bridgehead atoms. The summed E-state index contributed by atoms with van der Waals surface area (Å²) < 4.78 is 6.64. The van der Waals surface area contributed by atoms with E-state index in [0.29, 0.717) is 22.2 Å². The van der Waals surface area contributed by atoms with Crippen LogP contribution in [0.2, 0.25) is 5.02 Å². The number of halogens is 1. The zero-order valence-corrected chi connectivity index (χ0v) is 11.9. The number of nitrogens with two attached hydrogens (primary N) is 1. The Morgan fingerprint density at radius 1 is 1.55 bits per heavy atom. The molecule has 0 aliphatic rings. The highest BCUT2D eigenvalue weighted by Gasteiger charge is 2.17. The molecule has 106 valence electrons. The maximum Gasteiger partial charge on any atom is 0.340 e. The van der Waals surface area contributed by atoms with E-state index >= 15 is 0 Å². The molecule has 20 heavy (non-hydrogen) atoms. The van der Waals surface area contributed by atoms with Gasteiger partial charge in [0, 0.05) is 25.0 Å². The Kier molecular flexibility index (Phi) is 4.14. The Bertz CT molecular complexity index is 639. The average molecular weight is 295 g/mol. The molecule has 1 aromatic heterocycles. The predicted molar refractivity (Wildman–Crippen MR) is 78.3 cm³/mol. The van der Waals surface area contributed by atoms with E-state index in [1.807, 2.05) is 0 Å². The zero-order valence-electron chi connectivity index (χ0n) is 11.2. The summed E-state index contributed by atoms with van der Waals surface area (Å²) in [6, 6.07) is 4.85. The number of nitrogens with one attached hydrogen (secondary N) is 1. The molecule has 0 spiro atoms. The van der Waals surface area contributed by atoms with Crippen molar-refractivity contribution in [1.82, 2.24) is 9.78 Å². The average Bonchev–Trinajstić information content (AvgIpc) is 2.78. The summed E-state index contributed by atoms with van der Waals surface area (Å²) in [5, 5.41) is 7.52. The second kappa shape index (κ2) is 5.83. The first-order valence-electron chi connectivity index (χ1n) is 6.04. The zero-order chi connectivity index (χ0) is 14.7. The molecule has 0 atom stereocenters. The van der Waals surface area contributed by atoms with Gasteiger partial charge in [0.15, 0.2) is 5.82 Å². The highest BCUT2D eigenvalue weighted by molar-refractivity contribution is 6.34. The minimum absolute atomic E-state index is 0.272. The molecular formula is C13H15ClN4O2. The standard InChI is InChI=1S/C13H15ClN4O2/c1-3-20-13(19)9-6-8(15)7-10(14)12(9)16-11-4-5-18(2)17-11/h4-7H,3,15H2,1-2H3,(H,16,17). The molecule has 0 fully saturated rings. The SMILES string of the molecule is CCOC(=O)c1cc(N)cc(Cl)c1Nc1ccn(C)n1. The fourth-order valence-electron chi connectivity index (χ4n) is 1.73. The molecule has 3 N–H and O–H groups in total. The number of rotatable bonds is 4. The summed E-state index contributed by atoms with van der Waals surface area (Å²) in [5.41, 5.74) is 6.82. The number of benzene rings is 1. The van der Waals surface area contributed by atoms with Gasteiger partial charge in [-0.05, 0) is 19.1 Å². The highest BCUT2D eigenvalue weighted by Crippen LogP contribution is 2.31. The number of aromatic nitrogens is 2. The Balaban J connectivity index is 2.42. The lowest BCUT2D eigenvalue weighted by Crippen LogP contribution is -2.09. The van der Waals surface area contributed by atoms with Gasteiger partial charge < -0.3 is 15.8 Å². The van der Waals surface area contributed by atoms with Crippen LogP contribution in [-0.2, 0) is 11.8 Å². The molecule has 0 aliphatic carbocycles. The van der Waals surface area contributed by atoms with Gasteiger partial charge in [0.25, 0.3) is 0 Å². The van der Waals surface area contributed by atoms with Gasteiger partial charge in [0.2, 0.25) is 0 Å². The van der Waals surface area contributed by atoms with Crippen LogP contribution < -0.4 is 11.1 Å². The smallest absolute Gasteiger partial charge is 0.340 e. The van der Waals surface area contributed by atoms with Gasteiger partial charge in [0.05, 0.1) is 22.9 Å². The number of carbonyl (C=O) groups is 1. The summed E-state index contributed by atoms with van der Waals surface area (Å²) >= 11 is 6.15. The van der Waals surface area contributed by atoms with Crippen molar-refractivity contribution >= 4 is 34.8 Å². The second-order valence-electron chi connectivity index (χ2n) is 4.15. The number of esters is 1. The van der Waals surface area contributed by atoms with Crippen LogP contribution in [0.4, 0.5) is 17.2 Å². The molecule has 2 rings (SSSR count). The lowest BCUT2D eigenvalue weighted by atomic mass is 10.1. The van der Waals surface area contributed by atoms with Gasteiger partial charge in [-0.25, -0.2) is 4.79 Å². The normalized spacial score (nSPS) is 10.3. The van der Waals surface area contributed by atoms with Crippen molar-refractivity contribution in [2.45, 2.75) is 6.92 Å². The molecule has 6 nitrogen and oxygen atoms in total. The van der Waals surface area contributed by atoms with Crippen molar-refractivity contribution < 1.29 is 9.53 Å². The van der Waals surface area contributed by atoms with Crippen LogP contribution in [0, 0.1) is 0 Å². The first-order chi connectivity index (χ1) is 9.51. The van der Waals surface area contributed by atoms with Crippen molar-refractivity contribution in [3.05, 3.63) is 35.0 Å². The van der Waals surface area contributed by atoms with Gasteiger partial charge in [-0.1, -0.05) is 11.6 Å². The molecular weight excluding hydrogens is 280 g/mol. The first-order valence-corrected chi connectivity index (χ1v) is 6.42. The van der Waals surface area contributed by atoms with Crippen LogP contribution in [0.1, 0.15) is 17.3 Å². The number of nitrogens with zero attached hydrogens (tertiary/aromatic N) is 2. The largest absolute Gasteiger partial charge is 0.462 e. The van der Waals surface area contributed by atoms with Crippen LogP contribution >= 0.6 is 11.6 Å². The van der Waals surface area contributed by atoms with Gasteiger partial charge >= 0.3 is 5.97 Å². The third-order valence-corrected chi connectivity index (χ3v) is 2.87. The Morgan fingerprint density at radius 3 is 2.90 bits per heavy atom. The number of aryl methyl sites for hydroxylation is 1. The molecule has 0 radical (unpaired) electrons. The molecule has 0 amide bonds. The molecule has 1 heterocycles. The minimum atomic E-state index is -0.486. The number of hydrogen-bond donors (Lipinski definition) is 2. The van der Waals surface area contributed by atoms with E-state index in [1.165, 1.54) is 6.07 Å². The monoisotopic (exact) mass is 294 g/mol. The number of nitrogen functional groups attached to an aromatic ring is 1. The van der Waals surface area contributed by atoms with E-state index in [2.05, 4.69) is 10.4 Å². The third kappa shape index (κ3) is 3.03. The van der Waals surface area contributed by atoms with Gasteiger partial charge in [-0.15, -0.1) is 0 Å². The van der Waals surface area contributed by atoms with E-state index < -0.39 is 5.97 Å². The number of carbonyl (C=O) groups excluding carboxylic acids is 1. The van der Waals surface area contributed by atoms with Gasteiger partial charge in [0.1, 0.15) is 0 Å². The van der Waals surface area contributed by atoms with Gasteiger partial charge in [-0.2, -0.15) is 5.10 Å². The molecule has 0 saturated carbocycles. The van der Waals surface area contributed by atoms with Crippen LogP contribution in [0.25, 0.3) is 0 Å². The lowest BCUT2D eigenvalue weighted by Gasteiger charge is -2.12. The van der Waals surface area contributed by atoms with Crippen molar-refractivity contribution in [3.8, 4) is 0 Å². The van der Waals surface area contributed by atoms with E-state index in [4.69, 9.17) is 22.1 Å². The maximum atomic E-state index is 12.0. The Morgan fingerprint density at radius 2 is 2.30 bits per heavy atom. The highest BCUT2D eigenvalue weighted by atomic mass is 35.5. The Hall–Kier alpha value is -2.21. The number of hydrogen-bond acceptors (Lipinski definition) is 5. The van der Waals surface area contributed by atoms with Crippen molar-refractivity contribution in [1.29, 1.82) is 0 Å². The van der Waals surface area contributed by atoms with Crippen LogP contribution in [0.15, 0.2) is 24.4 Å². The van der Waals surface area contributed by atoms with Gasteiger partial charge in [-0.3, -0.25) is 4.68 Å². The third-order valence-electron chi connectivity index (χ3n) is 2.57. The summed E-state index contributed by atoms with van der Waals surface area (Å²) in [4.78, 5) is 12.0. The van der Waals surface area contributed by atoms with E-state index in [1.54, 1.807) is 37.0 Å². The molecule has 2 aromatic rings. The summed E-state index contributed by atoms with van der Waals surface area (Å²) in [7, 11) is 1.79. The van der Waals surface area contributed by atoms with Crippen LogP contribution in [0.3, 0.4) is 0 Å². The van der Waals surface area contributed by atoms with E-state index in [0.717, 1.165) is 0 Å².